The molecular weight excluding hydrogens is 507 g/mol. The van der Waals surface area contributed by atoms with Crippen LogP contribution in [0, 0.1) is 0 Å². The second-order valence-electron chi connectivity index (χ2n) is 10.1. The van der Waals surface area contributed by atoms with Crippen LogP contribution in [0.2, 0.25) is 0 Å². The minimum absolute atomic E-state index is 0.808. The maximum atomic E-state index is 14.8. The van der Waals surface area contributed by atoms with Gasteiger partial charge in [0.25, 0.3) is 0 Å². The van der Waals surface area contributed by atoms with E-state index in [9.17, 15) is 4.57 Å². The van der Waals surface area contributed by atoms with Crippen LogP contribution in [0.1, 0.15) is 0 Å². The third-order valence-electron chi connectivity index (χ3n) is 7.89. The van der Waals surface area contributed by atoms with Gasteiger partial charge in [0.05, 0.1) is 22.4 Å². The van der Waals surface area contributed by atoms with Crippen molar-refractivity contribution in [3.63, 3.8) is 0 Å². The number of rotatable bonds is 4. The normalized spacial score (nSPS) is 12.1. The predicted molar refractivity (Wildman–Crippen MR) is 166 cm³/mol. The summed E-state index contributed by atoms with van der Waals surface area (Å²) in [6, 6.07) is 46.6. The number of benzene rings is 6. The average Bonchev–Trinajstić information content (AvgIpc) is 3.34. The van der Waals surface area contributed by atoms with E-state index in [-0.39, 0.29) is 0 Å². The molecule has 0 amide bonds. The minimum atomic E-state index is -3.03. The summed E-state index contributed by atoms with van der Waals surface area (Å²) in [7, 11) is -3.03. The molecule has 6 aromatic carbocycles. The van der Waals surface area contributed by atoms with E-state index in [0.29, 0.717) is 0 Å². The molecule has 0 N–H and O–H groups in total. The Hall–Kier alpha value is -4.85. The second kappa shape index (κ2) is 8.84. The Morgan fingerprint density at radius 3 is 1.60 bits per heavy atom. The molecule has 0 bridgehead atoms. The standard InChI is InChI=1S/C36H23N2OP/c39-40(26-12-3-1-4-13-26,27-14-5-2-6-15-27)28-22-20-24(21-23-28)29-16-9-19-32-34(29)38-36-31-18-8-11-25-10-7-17-30(33(25)31)35(36)37-32/h1-23H. The summed E-state index contributed by atoms with van der Waals surface area (Å²) in [4.78, 5) is 10.3. The highest BCUT2D eigenvalue weighted by Gasteiger charge is 2.30. The predicted octanol–water partition coefficient (Wildman–Crippen LogP) is 7.74. The molecule has 1 aromatic heterocycles. The summed E-state index contributed by atoms with van der Waals surface area (Å²) in [6.07, 6.45) is 0. The van der Waals surface area contributed by atoms with E-state index in [0.717, 1.165) is 60.6 Å². The molecule has 40 heavy (non-hydrogen) atoms. The van der Waals surface area contributed by atoms with Gasteiger partial charge in [-0.1, -0.05) is 133 Å². The van der Waals surface area contributed by atoms with Gasteiger partial charge in [0.15, 0.2) is 7.14 Å². The molecule has 1 aliphatic rings. The van der Waals surface area contributed by atoms with Crippen LogP contribution >= 0.6 is 7.14 Å². The Kier molecular flexibility index (Phi) is 5.10. The minimum Gasteiger partial charge on any atom is -0.309 e. The number of aromatic nitrogens is 2. The van der Waals surface area contributed by atoms with Gasteiger partial charge in [-0.05, 0) is 17.0 Å². The Balaban J connectivity index is 1.28. The van der Waals surface area contributed by atoms with Crippen molar-refractivity contribution in [2.45, 2.75) is 0 Å². The number of para-hydroxylation sites is 1. The van der Waals surface area contributed by atoms with Crippen molar-refractivity contribution in [2.24, 2.45) is 0 Å². The van der Waals surface area contributed by atoms with E-state index in [1.807, 2.05) is 84.9 Å². The Morgan fingerprint density at radius 2 is 0.975 bits per heavy atom. The molecule has 1 heterocycles. The molecule has 0 aliphatic heterocycles. The molecule has 3 nitrogen and oxygen atoms in total. The fraction of sp³-hybridized carbons (Fsp3) is 0. The molecule has 1 aliphatic carbocycles. The van der Waals surface area contributed by atoms with E-state index < -0.39 is 7.14 Å². The average molecular weight is 531 g/mol. The van der Waals surface area contributed by atoms with E-state index in [2.05, 4.69) is 54.6 Å². The van der Waals surface area contributed by atoms with Gasteiger partial charge in [-0.25, -0.2) is 9.97 Å². The molecular formula is C36H23N2OP. The van der Waals surface area contributed by atoms with Crippen LogP contribution in [0.3, 0.4) is 0 Å². The first-order valence-corrected chi connectivity index (χ1v) is 15.1. The summed E-state index contributed by atoms with van der Waals surface area (Å²) in [5, 5.41) is 4.89. The first kappa shape index (κ1) is 23.1. The van der Waals surface area contributed by atoms with Gasteiger partial charge in [0, 0.05) is 38.0 Å². The zero-order valence-corrected chi connectivity index (χ0v) is 22.4. The molecule has 4 heteroatoms. The van der Waals surface area contributed by atoms with Crippen LogP contribution in [-0.4, -0.2) is 9.97 Å². The lowest BCUT2D eigenvalue weighted by Crippen LogP contribution is -2.24. The summed E-state index contributed by atoms with van der Waals surface area (Å²) < 4.78 is 14.8. The summed E-state index contributed by atoms with van der Waals surface area (Å²) >= 11 is 0. The van der Waals surface area contributed by atoms with E-state index in [1.54, 1.807) is 0 Å². The first-order chi connectivity index (χ1) is 19.7. The van der Waals surface area contributed by atoms with Gasteiger partial charge in [-0.3, -0.25) is 0 Å². The van der Waals surface area contributed by atoms with E-state index in [1.165, 1.54) is 10.8 Å². The number of hydrogen-bond donors (Lipinski definition) is 0. The van der Waals surface area contributed by atoms with E-state index in [4.69, 9.17) is 9.97 Å². The summed E-state index contributed by atoms with van der Waals surface area (Å²) in [6.45, 7) is 0. The van der Waals surface area contributed by atoms with Crippen LogP contribution in [0.4, 0.5) is 0 Å². The van der Waals surface area contributed by atoms with Gasteiger partial charge >= 0.3 is 0 Å². The van der Waals surface area contributed by atoms with E-state index >= 15 is 0 Å². The van der Waals surface area contributed by atoms with Crippen LogP contribution in [0.15, 0.2) is 140 Å². The van der Waals surface area contributed by atoms with Crippen LogP contribution in [0.5, 0.6) is 0 Å². The SMILES string of the molecule is O=P(c1ccccc1)(c1ccccc1)c1ccc(-c2cccc3nc4c(nc23)-c2cccc3cccc-4c23)cc1. The molecule has 0 spiro atoms. The van der Waals surface area contributed by atoms with Crippen LogP contribution in [0.25, 0.3) is 55.4 Å². The fourth-order valence-corrected chi connectivity index (χ4v) is 8.64. The van der Waals surface area contributed by atoms with Gasteiger partial charge in [0.2, 0.25) is 0 Å². The molecule has 0 radical (unpaired) electrons. The Morgan fingerprint density at radius 1 is 0.450 bits per heavy atom. The number of hydrogen-bond acceptors (Lipinski definition) is 3. The molecule has 0 unspecified atom stereocenters. The maximum absolute atomic E-state index is 14.8. The smallest absolute Gasteiger partial charge is 0.171 e. The maximum Gasteiger partial charge on any atom is 0.171 e. The lowest BCUT2D eigenvalue weighted by molar-refractivity contribution is 0.592. The molecule has 0 fully saturated rings. The van der Waals surface area contributed by atoms with Gasteiger partial charge in [-0.2, -0.15) is 0 Å². The Bertz CT molecular complexity index is 2070. The van der Waals surface area contributed by atoms with Crippen LogP contribution in [-0.2, 0) is 4.57 Å². The molecule has 7 aromatic rings. The fourth-order valence-electron chi connectivity index (χ4n) is 6.00. The second-order valence-corrected chi connectivity index (χ2v) is 12.9. The van der Waals surface area contributed by atoms with Crippen molar-refractivity contribution in [3.8, 4) is 33.6 Å². The lowest BCUT2D eigenvalue weighted by Gasteiger charge is -2.20. The monoisotopic (exact) mass is 530 g/mol. The van der Waals surface area contributed by atoms with Crippen molar-refractivity contribution < 1.29 is 4.57 Å². The summed E-state index contributed by atoms with van der Waals surface area (Å²) in [5.41, 5.74) is 7.91. The molecule has 0 saturated carbocycles. The van der Waals surface area contributed by atoms with Gasteiger partial charge < -0.3 is 4.57 Å². The quantitative estimate of drug-likeness (QED) is 0.219. The molecule has 0 atom stereocenters. The van der Waals surface area contributed by atoms with Gasteiger partial charge in [0.1, 0.15) is 0 Å². The highest BCUT2D eigenvalue weighted by molar-refractivity contribution is 7.85. The van der Waals surface area contributed by atoms with Crippen molar-refractivity contribution in [1.29, 1.82) is 0 Å². The Labute approximate surface area is 232 Å². The largest absolute Gasteiger partial charge is 0.309 e. The highest BCUT2D eigenvalue weighted by Crippen LogP contribution is 2.46. The molecule has 8 rings (SSSR count). The van der Waals surface area contributed by atoms with Crippen molar-refractivity contribution in [3.05, 3.63) is 140 Å². The molecule has 188 valence electrons. The van der Waals surface area contributed by atoms with Crippen molar-refractivity contribution >= 4 is 44.9 Å². The zero-order valence-electron chi connectivity index (χ0n) is 21.5. The number of fused-ring (bicyclic) bond motifs is 4. The topological polar surface area (TPSA) is 42.9 Å². The third kappa shape index (κ3) is 3.35. The zero-order chi connectivity index (χ0) is 26.7. The highest BCUT2D eigenvalue weighted by atomic mass is 31.2. The third-order valence-corrected chi connectivity index (χ3v) is 11.0. The lowest BCUT2D eigenvalue weighted by atomic mass is 10.0. The van der Waals surface area contributed by atoms with Gasteiger partial charge in [-0.15, -0.1) is 0 Å². The number of nitrogens with zero attached hydrogens (tertiary/aromatic N) is 2. The van der Waals surface area contributed by atoms with Crippen molar-refractivity contribution in [1.82, 2.24) is 9.97 Å². The molecule has 0 saturated heterocycles. The first-order valence-electron chi connectivity index (χ1n) is 13.4. The van der Waals surface area contributed by atoms with Crippen molar-refractivity contribution in [2.75, 3.05) is 0 Å². The van der Waals surface area contributed by atoms with Crippen LogP contribution < -0.4 is 15.9 Å². The summed E-state index contributed by atoms with van der Waals surface area (Å²) in [5.74, 6) is 0.